The van der Waals surface area contributed by atoms with E-state index in [4.69, 9.17) is 10.5 Å². The van der Waals surface area contributed by atoms with Crippen molar-refractivity contribution in [2.75, 3.05) is 12.8 Å². The number of nitrogen functional groups attached to an aromatic ring is 1. The average molecular weight is 310 g/mol. The highest BCUT2D eigenvalue weighted by Gasteiger charge is 2.20. The lowest BCUT2D eigenvalue weighted by Gasteiger charge is -2.07. The number of aryl methyl sites for hydroxylation is 1. The first-order valence-electron chi connectivity index (χ1n) is 6.28. The van der Waals surface area contributed by atoms with Gasteiger partial charge in [-0.05, 0) is 11.1 Å². The summed E-state index contributed by atoms with van der Waals surface area (Å²) in [5, 5.41) is 3.83. The molecule has 0 radical (unpaired) electrons. The molecule has 0 aliphatic heterocycles. The Morgan fingerprint density at radius 2 is 2.10 bits per heavy atom. The highest BCUT2D eigenvalue weighted by molar-refractivity contribution is 7.89. The largest absolute Gasteiger partial charge is 0.381 e. The first-order valence-corrected chi connectivity index (χ1v) is 7.76. The second kappa shape index (κ2) is 6.25. The minimum atomic E-state index is -3.68. The summed E-state index contributed by atoms with van der Waals surface area (Å²) in [5.41, 5.74) is 7.42. The third-order valence-electron chi connectivity index (χ3n) is 2.88. The molecular formula is C13H18N4O3S. The van der Waals surface area contributed by atoms with Crippen LogP contribution in [0.4, 0.5) is 5.82 Å². The van der Waals surface area contributed by atoms with Gasteiger partial charge >= 0.3 is 0 Å². The van der Waals surface area contributed by atoms with Gasteiger partial charge in [0.2, 0.25) is 10.0 Å². The van der Waals surface area contributed by atoms with Crippen LogP contribution in [-0.4, -0.2) is 25.3 Å². The molecule has 0 unspecified atom stereocenters. The van der Waals surface area contributed by atoms with Crippen LogP contribution in [-0.2, 0) is 35.0 Å². The maximum absolute atomic E-state index is 12.2. The van der Waals surface area contributed by atoms with E-state index < -0.39 is 10.0 Å². The lowest BCUT2D eigenvalue weighted by Crippen LogP contribution is -2.23. The number of benzene rings is 1. The summed E-state index contributed by atoms with van der Waals surface area (Å²) in [6.45, 7) is 0.657. The fraction of sp³-hybridized carbons (Fsp3) is 0.308. The Labute approximate surface area is 123 Å². The molecule has 0 saturated heterocycles. The van der Waals surface area contributed by atoms with Crippen LogP contribution in [0.1, 0.15) is 11.1 Å². The van der Waals surface area contributed by atoms with Gasteiger partial charge in [-0.3, -0.25) is 4.68 Å². The summed E-state index contributed by atoms with van der Waals surface area (Å²) in [6, 6.07) is 7.50. The van der Waals surface area contributed by atoms with Gasteiger partial charge in [0.25, 0.3) is 0 Å². The maximum Gasteiger partial charge on any atom is 0.246 e. The highest BCUT2D eigenvalue weighted by Crippen LogP contribution is 2.16. The van der Waals surface area contributed by atoms with Crippen LogP contribution in [0.5, 0.6) is 0 Å². The smallest absolute Gasteiger partial charge is 0.246 e. The lowest BCUT2D eigenvalue weighted by molar-refractivity contribution is 0.185. The average Bonchev–Trinajstić information content (AvgIpc) is 2.77. The number of hydrogen-bond donors (Lipinski definition) is 2. The van der Waals surface area contributed by atoms with Crippen molar-refractivity contribution in [3.05, 3.63) is 41.6 Å². The molecule has 2 rings (SSSR count). The van der Waals surface area contributed by atoms with Crippen molar-refractivity contribution in [3.63, 3.8) is 0 Å². The normalized spacial score (nSPS) is 11.7. The van der Waals surface area contributed by atoms with E-state index >= 15 is 0 Å². The van der Waals surface area contributed by atoms with E-state index in [1.807, 2.05) is 24.3 Å². The molecule has 114 valence electrons. The monoisotopic (exact) mass is 310 g/mol. The van der Waals surface area contributed by atoms with E-state index in [-0.39, 0.29) is 17.3 Å². The van der Waals surface area contributed by atoms with Gasteiger partial charge in [0.05, 0.1) is 6.61 Å². The van der Waals surface area contributed by atoms with Crippen molar-refractivity contribution >= 4 is 15.8 Å². The lowest BCUT2D eigenvalue weighted by atomic mass is 10.1. The van der Waals surface area contributed by atoms with Crippen molar-refractivity contribution in [1.29, 1.82) is 0 Å². The van der Waals surface area contributed by atoms with Crippen LogP contribution in [0, 0.1) is 0 Å². The number of rotatable bonds is 6. The van der Waals surface area contributed by atoms with Gasteiger partial charge < -0.3 is 10.5 Å². The second-order valence-electron chi connectivity index (χ2n) is 4.63. The maximum atomic E-state index is 12.2. The SMILES string of the molecule is COCc1cccc(CNS(=O)(=O)c2cn(C)nc2N)c1. The fourth-order valence-corrected chi connectivity index (χ4v) is 3.06. The van der Waals surface area contributed by atoms with Crippen LogP contribution >= 0.6 is 0 Å². The van der Waals surface area contributed by atoms with Gasteiger partial charge in [0, 0.05) is 26.9 Å². The molecule has 0 bridgehead atoms. The topological polar surface area (TPSA) is 99.2 Å². The fourth-order valence-electron chi connectivity index (χ4n) is 1.94. The van der Waals surface area contributed by atoms with Gasteiger partial charge in [-0.15, -0.1) is 0 Å². The van der Waals surface area contributed by atoms with Crippen LogP contribution in [0.3, 0.4) is 0 Å². The predicted octanol–water partition coefficient (Wildman–Crippen LogP) is 0.627. The van der Waals surface area contributed by atoms with Crippen LogP contribution in [0.2, 0.25) is 0 Å². The zero-order valence-electron chi connectivity index (χ0n) is 11.9. The molecule has 1 heterocycles. The summed E-state index contributed by atoms with van der Waals surface area (Å²) >= 11 is 0. The summed E-state index contributed by atoms with van der Waals surface area (Å²) < 4.78 is 33.3. The summed E-state index contributed by atoms with van der Waals surface area (Å²) in [7, 11) is -0.457. The molecule has 0 atom stereocenters. The molecule has 0 aliphatic rings. The second-order valence-corrected chi connectivity index (χ2v) is 6.37. The first kappa shape index (κ1) is 15.5. The number of anilines is 1. The van der Waals surface area contributed by atoms with Crippen molar-refractivity contribution in [2.24, 2.45) is 7.05 Å². The van der Waals surface area contributed by atoms with Crippen LogP contribution in [0.25, 0.3) is 0 Å². The zero-order valence-corrected chi connectivity index (χ0v) is 12.7. The molecule has 8 heteroatoms. The predicted molar refractivity (Wildman–Crippen MR) is 78.8 cm³/mol. The van der Waals surface area contributed by atoms with Crippen molar-refractivity contribution in [2.45, 2.75) is 18.0 Å². The summed E-state index contributed by atoms with van der Waals surface area (Å²) in [4.78, 5) is -0.0157. The summed E-state index contributed by atoms with van der Waals surface area (Å²) in [6.07, 6.45) is 1.37. The number of methoxy groups -OCH3 is 1. The first-order chi connectivity index (χ1) is 9.92. The molecule has 21 heavy (non-hydrogen) atoms. The Balaban J connectivity index is 2.12. The molecule has 1 aromatic heterocycles. The van der Waals surface area contributed by atoms with E-state index in [1.165, 1.54) is 10.9 Å². The van der Waals surface area contributed by atoms with E-state index in [2.05, 4.69) is 9.82 Å². The Kier molecular flexibility index (Phi) is 4.61. The van der Waals surface area contributed by atoms with Gasteiger partial charge in [0.1, 0.15) is 4.90 Å². The number of nitrogens with one attached hydrogen (secondary N) is 1. The van der Waals surface area contributed by atoms with Gasteiger partial charge in [0.15, 0.2) is 5.82 Å². The third-order valence-corrected chi connectivity index (χ3v) is 4.30. The quantitative estimate of drug-likeness (QED) is 0.815. The highest BCUT2D eigenvalue weighted by atomic mass is 32.2. The number of aromatic nitrogens is 2. The van der Waals surface area contributed by atoms with E-state index in [0.717, 1.165) is 11.1 Å². The number of nitrogens with zero attached hydrogens (tertiary/aromatic N) is 2. The molecule has 0 saturated carbocycles. The van der Waals surface area contributed by atoms with E-state index in [1.54, 1.807) is 14.2 Å². The molecule has 0 fully saturated rings. The van der Waals surface area contributed by atoms with Crippen molar-refractivity contribution < 1.29 is 13.2 Å². The minimum absolute atomic E-state index is 0.0156. The number of nitrogens with two attached hydrogens (primary N) is 1. The Morgan fingerprint density at radius 3 is 2.71 bits per heavy atom. The number of sulfonamides is 1. The van der Waals surface area contributed by atoms with Crippen molar-refractivity contribution in [3.8, 4) is 0 Å². The van der Waals surface area contributed by atoms with Gasteiger partial charge in [-0.25, -0.2) is 13.1 Å². The minimum Gasteiger partial charge on any atom is -0.381 e. The molecule has 0 spiro atoms. The third kappa shape index (κ3) is 3.81. The van der Waals surface area contributed by atoms with Gasteiger partial charge in [-0.1, -0.05) is 24.3 Å². The standard InChI is InChI=1S/C13H18N4O3S/c1-17-8-12(13(14)16-17)21(18,19)15-7-10-4-3-5-11(6-10)9-20-2/h3-6,8,15H,7,9H2,1-2H3,(H2,14,16). The van der Waals surface area contributed by atoms with Gasteiger partial charge in [-0.2, -0.15) is 5.10 Å². The molecule has 0 aliphatic carbocycles. The summed E-state index contributed by atoms with van der Waals surface area (Å²) in [5.74, 6) is -0.0156. The molecule has 2 aromatic rings. The molecule has 0 amide bonds. The molecule has 1 aromatic carbocycles. The zero-order chi connectivity index (χ0) is 15.5. The Morgan fingerprint density at radius 1 is 1.38 bits per heavy atom. The van der Waals surface area contributed by atoms with Crippen LogP contribution < -0.4 is 10.5 Å². The Bertz CT molecular complexity index is 725. The van der Waals surface area contributed by atoms with Crippen LogP contribution in [0.15, 0.2) is 35.4 Å². The number of ether oxygens (including phenoxy) is 1. The molecule has 3 N–H and O–H groups in total. The van der Waals surface area contributed by atoms with E-state index in [9.17, 15) is 8.42 Å². The van der Waals surface area contributed by atoms with E-state index in [0.29, 0.717) is 6.61 Å². The Hall–Kier alpha value is -1.90. The van der Waals surface area contributed by atoms with Crippen molar-refractivity contribution in [1.82, 2.24) is 14.5 Å². The molecule has 7 nitrogen and oxygen atoms in total. The molecular weight excluding hydrogens is 292 g/mol. The number of hydrogen-bond acceptors (Lipinski definition) is 5.